The van der Waals surface area contributed by atoms with Crippen LogP contribution in [0.2, 0.25) is 0 Å². The summed E-state index contributed by atoms with van der Waals surface area (Å²) in [5.74, 6) is 0.589. The van der Waals surface area contributed by atoms with Crippen molar-refractivity contribution in [2.45, 2.75) is 208 Å². The van der Waals surface area contributed by atoms with E-state index in [-0.39, 0.29) is 61.6 Å². The van der Waals surface area contributed by atoms with Crippen LogP contribution in [0.5, 0.6) is 0 Å². The lowest BCUT2D eigenvalue weighted by Gasteiger charge is -2.33. The minimum Gasteiger partial charge on any atom is -1.00 e. The third kappa shape index (κ3) is 35.9. The number of quaternary nitrogens is 3. The minimum absolute atomic E-state index is 0. The van der Waals surface area contributed by atoms with Crippen LogP contribution >= 0.6 is 0 Å². The summed E-state index contributed by atoms with van der Waals surface area (Å²) < 4.78 is 16.9. The molecule has 0 fully saturated rings. The Balaban J connectivity index is 0.00000179. The third-order valence-corrected chi connectivity index (χ3v) is 14.2. The van der Waals surface area contributed by atoms with Crippen LogP contribution in [0, 0.1) is 23.7 Å². The number of halogens is 3. The SMILES string of the molecule is CC(C)C(CC[C@@H](CN(C(=O)OC(C)(C)C)C(=O)C(CCc1ccccc1)CCc1ccccc1)NC(=O)OC(C)(C)C)NC(=O)OC(C)(C)C.CC(C)C([NH3+])CC[C@H]([NH3+])C[NH2+]CC(CCc1ccccc1)CCc1ccccc1.[Cl-].[Cl-].[Cl-]. The molecule has 4 rings (SSSR count). The molecule has 0 aliphatic carbocycles. The van der Waals surface area contributed by atoms with Crippen molar-refractivity contribution in [3.05, 3.63) is 144 Å². The van der Waals surface area contributed by atoms with Crippen LogP contribution in [0.1, 0.15) is 164 Å². The Hall–Kier alpha value is -4.89. The zero-order valence-electron chi connectivity index (χ0n) is 52.7. The molecule has 83 heavy (non-hydrogen) atoms. The maximum absolute atomic E-state index is 14.6. The lowest BCUT2D eigenvalue weighted by molar-refractivity contribution is -0.686. The summed E-state index contributed by atoms with van der Waals surface area (Å²) in [4.78, 5) is 55.5. The zero-order chi connectivity index (χ0) is 59.3. The van der Waals surface area contributed by atoms with Gasteiger partial charge in [-0.15, -0.1) is 0 Å². The van der Waals surface area contributed by atoms with E-state index in [1.165, 1.54) is 56.2 Å². The van der Waals surface area contributed by atoms with Crippen molar-refractivity contribution < 1.29 is 87.4 Å². The number of alkyl carbamates (subject to hydrolysis) is 2. The number of nitrogens with zero attached hydrogens (tertiary/aromatic N) is 1. The number of imide groups is 1. The average Bonchev–Trinajstić information content (AvgIpc) is 3.38. The molecule has 0 heterocycles. The Morgan fingerprint density at radius 2 is 0.867 bits per heavy atom. The van der Waals surface area contributed by atoms with Crippen LogP contribution in [0.4, 0.5) is 14.4 Å². The lowest BCUT2D eigenvalue weighted by atomic mass is 9.91. The molecule has 0 saturated heterocycles. The second-order valence-corrected chi connectivity index (χ2v) is 25.7. The quantitative estimate of drug-likeness (QED) is 0.0513. The second kappa shape index (κ2) is 40.4. The first kappa shape index (κ1) is 78.1. The summed E-state index contributed by atoms with van der Waals surface area (Å²) in [7, 11) is 0. The zero-order valence-corrected chi connectivity index (χ0v) is 55.0. The molecule has 4 aromatic carbocycles. The van der Waals surface area contributed by atoms with Crippen molar-refractivity contribution in [1.29, 1.82) is 0 Å². The molecular formula is C67H107Cl3N6O7. The molecule has 0 saturated carbocycles. The van der Waals surface area contributed by atoms with Gasteiger partial charge < -0.3 is 78.8 Å². The van der Waals surface area contributed by atoms with Gasteiger partial charge in [-0.05, 0) is 155 Å². The predicted molar refractivity (Wildman–Crippen MR) is 323 cm³/mol. The van der Waals surface area contributed by atoms with Gasteiger partial charge in [-0.3, -0.25) is 4.79 Å². The van der Waals surface area contributed by atoms with Crippen LogP contribution < -0.4 is 64.6 Å². The molecule has 13 nitrogen and oxygen atoms in total. The van der Waals surface area contributed by atoms with E-state index in [0.717, 1.165) is 28.5 Å². The van der Waals surface area contributed by atoms with Gasteiger partial charge in [0.1, 0.15) is 29.4 Å². The summed E-state index contributed by atoms with van der Waals surface area (Å²) in [6.07, 6.45) is 8.41. The maximum atomic E-state index is 14.6. The van der Waals surface area contributed by atoms with E-state index in [9.17, 15) is 19.2 Å². The van der Waals surface area contributed by atoms with Crippen molar-refractivity contribution in [1.82, 2.24) is 15.5 Å². The summed E-state index contributed by atoms with van der Waals surface area (Å²) in [5.41, 5.74) is 11.5. The highest BCUT2D eigenvalue weighted by atomic mass is 35.5. The van der Waals surface area contributed by atoms with Gasteiger partial charge >= 0.3 is 18.3 Å². The van der Waals surface area contributed by atoms with E-state index in [1.807, 2.05) is 74.5 Å². The van der Waals surface area contributed by atoms with Crippen LogP contribution in [0.25, 0.3) is 0 Å². The van der Waals surface area contributed by atoms with Gasteiger partial charge in [0.05, 0.1) is 25.2 Å². The van der Waals surface area contributed by atoms with E-state index in [0.29, 0.717) is 56.5 Å². The largest absolute Gasteiger partial charge is 1.00 e. The number of amides is 4. The number of ether oxygens (including phenoxy) is 3. The highest BCUT2D eigenvalue weighted by Gasteiger charge is 2.35. The standard InChI is InChI=1S/C41H63N3O7.C26H41N3.3ClH/c1-29(2)34(43-37(47)50-40(6,7)8)27-26-33(42-36(46)49-39(3,4)5)28-44(38(48)51-41(9,10)11)35(45)32(24-22-30-18-14-12-15-19-30)25-23-31-20-16-13-17-21-31;1-21(2)26(28)18-17-25(27)20-29-19-24(15-13-22-9-5-3-6-10-22)16-14-23-11-7-4-8-12-23;;;/h12-21,29,32-34H,22-28H2,1-11H3,(H,42,46)(H,43,47);3-12,21,24-26,29H,13-20,27-28H2,1-2H3;3*1H/t33-,34?;25-,26?;;;/m00.../s1. The lowest BCUT2D eigenvalue weighted by Crippen LogP contribution is -3.00. The molecule has 0 aliphatic rings. The molecule has 2 unspecified atom stereocenters. The van der Waals surface area contributed by atoms with E-state index >= 15 is 0 Å². The van der Waals surface area contributed by atoms with E-state index in [1.54, 1.807) is 62.3 Å². The van der Waals surface area contributed by atoms with E-state index < -0.39 is 47.0 Å². The topological polar surface area (TPSA) is 195 Å². The fourth-order valence-corrected chi connectivity index (χ4v) is 9.35. The van der Waals surface area contributed by atoms with Crippen LogP contribution in [-0.2, 0) is 44.7 Å². The number of rotatable bonds is 29. The fraction of sp³-hybridized carbons (Fsp3) is 0.582. The summed E-state index contributed by atoms with van der Waals surface area (Å²) in [6.45, 7) is 26.7. The highest BCUT2D eigenvalue weighted by Crippen LogP contribution is 2.24. The third-order valence-electron chi connectivity index (χ3n) is 14.2. The Morgan fingerprint density at radius 3 is 1.24 bits per heavy atom. The number of hydrogen-bond donors (Lipinski definition) is 5. The molecule has 0 spiro atoms. The van der Waals surface area contributed by atoms with Gasteiger partial charge in [-0.25, -0.2) is 19.3 Å². The molecule has 4 amide bonds. The van der Waals surface area contributed by atoms with E-state index in [2.05, 4.69) is 102 Å². The number of carbonyl (C=O) groups excluding carboxylic acids is 4. The minimum atomic E-state index is -0.868. The van der Waals surface area contributed by atoms with Gasteiger partial charge in [-0.1, -0.05) is 149 Å². The molecule has 0 aromatic heterocycles. The van der Waals surface area contributed by atoms with Crippen molar-refractivity contribution in [2.24, 2.45) is 23.7 Å². The number of carbonyl (C=O) groups is 4. The smallest absolute Gasteiger partial charge is 0.417 e. The Bertz CT molecular complexity index is 2260. The number of hydrogen-bond acceptors (Lipinski definition) is 7. The fourth-order valence-electron chi connectivity index (χ4n) is 9.35. The number of benzene rings is 4. The Labute approximate surface area is 519 Å². The Morgan fingerprint density at radius 1 is 0.482 bits per heavy atom. The maximum Gasteiger partial charge on any atom is 0.417 e. The molecule has 4 aromatic rings. The van der Waals surface area contributed by atoms with Gasteiger partial charge in [0.25, 0.3) is 0 Å². The predicted octanol–water partition coefficient (Wildman–Crippen LogP) is 1.96. The first-order chi connectivity index (χ1) is 37.7. The summed E-state index contributed by atoms with van der Waals surface area (Å²) in [5, 5.41) is 8.39. The van der Waals surface area contributed by atoms with Crippen molar-refractivity contribution >= 4 is 24.2 Å². The normalized spacial score (nSPS) is 13.0. The molecule has 468 valence electrons. The van der Waals surface area contributed by atoms with Crippen LogP contribution in [0.15, 0.2) is 121 Å². The molecular weight excluding hydrogens is 1110 g/mol. The van der Waals surface area contributed by atoms with Crippen LogP contribution in [0.3, 0.4) is 0 Å². The van der Waals surface area contributed by atoms with Crippen molar-refractivity contribution in [3.8, 4) is 0 Å². The van der Waals surface area contributed by atoms with Crippen LogP contribution in [-0.4, -0.2) is 89.7 Å². The van der Waals surface area contributed by atoms with E-state index in [4.69, 9.17) is 14.2 Å². The Kier molecular flexibility index (Phi) is 38.0. The number of nitrogens with one attached hydrogen (secondary N) is 2. The highest BCUT2D eigenvalue weighted by molar-refractivity contribution is 5.93. The first-order valence-corrected chi connectivity index (χ1v) is 29.8. The average molecular weight is 1210 g/mol. The molecule has 0 radical (unpaired) electrons. The number of nitrogens with two attached hydrogens (primary N) is 1. The monoisotopic (exact) mass is 1210 g/mol. The molecule has 0 aliphatic heterocycles. The van der Waals surface area contributed by atoms with Gasteiger partial charge in [-0.2, -0.15) is 0 Å². The summed E-state index contributed by atoms with van der Waals surface area (Å²) in [6, 6.07) is 41.8. The second-order valence-electron chi connectivity index (χ2n) is 25.7. The molecule has 16 heteroatoms. The molecule has 10 N–H and O–H groups in total. The summed E-state index contributed by atoms with van der Waals surface area (Å²) >= 11 is 0. The van der Waals surface area contributed by atoms with Gasteiger partial charge in [0.15, 0.2) is 0 Å². The molecule has 0 bridgehead atoms. The van der Waals surface area contributed by atoms with Gasteiger partial charge in [0, 0.05) is 36.6 Å². The first-order valence-electron chi connectivity index (χ1n) is 29.8. The van der Waals surface area contributed by atoms with Crippen molar-refractivity contribution in [2.75, 3.05) is 19.6 Å². The van der Waals surface area contributed by atoms with Crippen molar-refractivity contribution in [3.63, 3.8) is 0 Å². The molecule has 4 atom stereocenters. The number of aryl methyl sites for hydroxylation is 4. The van der Waals surface area contributed by atoms with Gasteiger partial charge in [0.2, 0.25) is 5.91 Å².